The highest BCUT2D eigenvalue weighted by molar-refractivity contribution is 6.77. The molecule has 0 heterocycles. The first-order valence-electron chi connectivity index (χ1n) is 6.87. The molecule has 0 rings (SSSR count). The van der Waals surface area contributed by atoms with E-state index >= 15 is 0 Å². The number of carboxylic acid groups (broad SMARTS) is 1. The van der Waals surface area contributed by atoms with Gasteiger partial charge in [0.1, 0.15) is 6.21 Å². The zero-order chi connectivity index (χ0) is 15.1. The second kappa shape index (κ2) is 8.32. The molecule has 0 fully saturated rings. The molecule has 0 amide bonds. The number of carboxylic acids is 1. The largest absolute Gasteiger partial charge is 0.477 e. The van der Waals surface area contributed by atoms with E-state index in [0.717, 1.165) is 6.21 Å². The van der Waals surface area contributed by atoms with Crippen LogP contribution in [0.15, 0.2) is 5.10 Å². The molecule has 0 aromatic heterocycles. The Morgan fingerprint density at radius 2 is 1.68 bits per heavy atom. The topological polar surface area (TPSA) is 70.9 Å². The average Bonchev–Trinajstić information content (AvgIpc) is 2.26. The van der Waals surface area contributed by atoms with Gasteiger partial charge in [-0.25, -0.2) is 4.79 Å². The van der Waals surface area contributed by atoms with Crippen LogP contribution in [0.2, 0.25) is 16.6 Å². The molecule has 6 heteroatoms. The van der Waals surface area contributed by atoms with Crippen molar-refractivity contribution in [2.75, 3.05) is 13.2 Å². The fraction of sp³-hybridized carbons (Fsp3) is 0.846. The van der Waals surface area contributed by atoms with Crippen molar-refractivity contribution in [3.63, 3.8) is 0 Å². The van der Waals surface area contributed by atoms with E-state index in [0.29, 0.717) is 29.8 Å². The first-order chi connectivity index (χ1) is 8.75. The summed E-state index contributed by atoms with van der Waals surface area (Å²) in [6.07, 6.45) is 0.845. The molecule has 0 atom stereocenters. The van der Waals surface area contributed by atoms with Gasteiger partial charge >= 0.3 is 5.97 Å². The Bertz CT molecular complexity index is 282. The Morgan fingerprint density at radius 3 is 2.05 bits per heavy atom. The van der Waals surface area contributed by atoms with Gasteiger partial charge < -0.3 is 15.0 Å². The van der Waals surface area contributed by atoms with Crippen molar-refractivity contribution in [3.8, 4) is 0 Å². The van der Waals surface area contributed by atoms with Gasteiger partial charge in [0.15, 0.2) is 8.32 Å². The SMILES string of the molecule is CC(C)[Si](OCCN/N=C/C(=O)O)(C(C)C)C(C)C. The standard InChI is InChI=1S/C13H28N2O3Si/c1-10(2)19(11(3)4,12(5)6)18-8-7-14-15-9-13(16)17/h9-12,14H,7-8H2,1-6H3,(H,16,17)/b15-9+. The maximum Gasteiger partial charge on any atom is 0.348 e. The molecule has 0 saturated carbocycles. The molecule has 2 N–H and O–H groups in total. The Hall–Kier alpha value is -0.883. The number of aliphatic carboxylic acids is 1. The van der Waals surface area contributed by atoms with Crippen LogP contribution >= 0.6 is 0 Å². The monoisotopic (exact) mass is 288 g/mol. The molecule has 0 radical (unpaired) electrons. The highest BCUT2D eigenvalue weighted by atomic mass is 28.4. The van der Waals surface area contributed by atoms with E-state index in [1.54, 1.807) is 0 Å². The minimum atomic E-state index is -1.82. The van der Waals surface area contributed by atoms with E-state index in [4.69, 9.17) is 9.53 Å². The predicted octanol–water partition coefficient (Wildman–Crippen LogP) is 2.84. The molecule has 0 unspecified atom stereocenters. The summed E-state index contributed by atoms with van der Waals surface area (Å²) in [5, 5.41) is 12.0. The van der Waals surface area contributed by atoms with Gasteiger partial charge in [-0.15, -0.1) is 0 Å². The lowest BCUT2D eigenvalue weighted by molar-refractivity contribution is -0.128. The second-order valence-corrected chi connectivity index (χ2v) is 11.1. The van der Waals surface area contributed by atoms with E-state index in [-0.39, 0.29) is 0 Å². The minimum Gasteiger partial charge on any atom is -0.477 e. The maximum absolute atomic E-state index is 10.2. The Kier molecular flexibility index (Phi) is 7.93. The Labute approximate surface area is 117 Å². The summed E-state index contributed by atoms with van der Waals surface area (Å²) in [6, 6.07) is 0. The van der Waals surface area contributed by atoms with Crippen molar-refractivity contribution in [3.05, 3.63) is 0 Å². The van der Waals surface area contributed by atoms with Gasteiger partial charge in [-0.1, -0.05) is 41.5 Å². The number of carbonyl (C=O) groups is 1. The van der Waals surface area contributed by atoms with Crippen LogP contribution in [-0.2, 0) is 9.22 Å². The van der Waals surface area contributed by atoms with Crippen LogP contribution in [0.3, 0.4) is 0 Å². The second-order valence-electron chi connectivity index (χ2n) is 5.67. The normalized spacial score (nSPS) is 12.9. The number of hydrazone groups is 1. The molecular weight excluding hydrogens is 260 g/mol. The number of nitrogens with one attached hydrogen (secondary N) is 1. The number of hydrogen-bond donors (Lipinski definition) is 2. The Morgan fingerprint density at radius 1 is 1.21 bits per heavy atom. The molecule has 0 aliphatic heterocycles. The minimum absolute atomic E-state index is 0.532. The lowest BCUT2D eigenvalue weighted by atomic mass is 10.5. The lowest BCUT2D eigenvalue weighted by Crippen LogP contribution is -2.48. The number of nitrogens with zero attached hydrogens (tertiary/aromatic N) is 1. The van der Waals surface area contributed by atoms with Gasteiger partial charge in [-0.2, -0.15) is 5.10 Å². The molecule has 19 heavy (non-hydrogen) atoms. The first-order valence-corrected chi connectivity index (χ1v) is 9.01. The van der Waals surface area contributed by atoms with Crippen molar-refractivity contribution >= 4 is 20.5 Å². The summed E-state index contributed by atoms with van der Waals surface area (Å²) in [5.41, 5.74) is 4.34. The quantitative estimate of drug-likeness (QED) is 0.296. The van der Waals surface area contributed by atoms with Gasteiger partial charge in [-0.3, -0.25) is 0 Å². The van der Waals surface area contributed by atoms with E-state index < -0.39 is 14.3 Å². The van der Waals surface area contributed by atoms with Crippen molar-refractivity contribution in [2.45, 2.75) is 58.2 Å². The zero-order valence-electron chi connectivity index (χ0n) is 12.9. The number of hydrogen-bond acceptors (Lipinski definition) is 4. The van der Waals surface area contributed by atoms with Crippen molar-refractivity contribution < 1.29 is 14.3 Å². The summed E-state index contributed by atoms with van der Waals surface area (Å²) >= 11 is 0. The predicted molar refractivity (Wildman–Crippen MR) is 81.1 cm³/mol. The molecule has 0 saturated heterocycles. The summed E-state index contributed by atoms with van der Waals surface area (Å²) in [6.45, 7) is 14.5. The van der Waals surface area contributed by atoms with E-state index in [1.807, 2.05) is 0 Å². The van der Waals surface area contributed by atoms with E-state index in [2.05, 4.69) is 52.1 Å². The summed E-state index contributed by atoms with van der Waals surface area (Å²) < 4.78 is 6.28. The van der Waals surface area contributed by atoms with Gasteiger partial charge in [0.25, 0.3) is 0 Å². The molecule has 0 aliphatic rings. The molecule has 0 aromatic rings. The van der Waals surface area contributed by atoms with Crippen LogP contribution in [0, 0.1) is 0 Å². The van der Waals surface area contributed by atoms with Gasteiger partial charge in [-0.05, 0) is 16.6 Å². The van der Waals surface area contributed by atoms with Crippen LogP contribution in [0.25, 0.3) is 0 Å². The van der Waals surface area contributed by atoms with Crippen LogP contribution in [-0.4, -0.2) is 38.8 Å². The van der Waals surface area contributed by atoms with Gasteiger partial charge in [0.2, 0.25) is 0 Å². The molecule has 112 valence electrons. The molecular formula is C13H28N2O3Si. The molecule has 0 spiro atoms. The third-order valence-corrected chi connectivity index (χ3v) is 9.66. The zero-order valence-corrected chi connectivity index (χ0v) is 13.9. The van der Waals surface area contributed by atoms with Gasteiger partial charge in [0, 0.05) is 0 Å². The smallest absolute Gasteiger partial charge is 0.348 e. The average molecular weight is 288 g/mol. The van der Waals surface area contributed by atoms with Crippen molar-refractivity contribution in [2.24, 2.45) is 5.10 Å². The first kappa shape index (κ1) is 18.1. The van der Waals surface area contributed by atoms with E-state index in [9.17, 15) is 4.79 Å². The number of rotatable bonds is 9. The van der Waals surface area contributed by atoms with E-state index in [1.165, 1.54) is 0 Å². The van der Waals surface area contributed by atoms with Crippen LogP contribution in [0.5, 0.6) is 0 Å². The summed E-state index contributed by atoms with van der Waals surface area (Å²) in [5.74, 6) is -1.05. The van der Waals surface area contributed by atoms with Crippen molar-refractivity contribution in [1.29, 1.82) is 0 Å². The Balaban J connectivity index is 4.40. The fourth-order valence-electron chi connectivity index (χ4n) is 2.94. The third kappa shape index (κ3) is 5.32. The highest BCUT2D eigenvalue weighted by Crippen LogP contribution is 2.41. The van der Waals surface area contributed by atoms with Crippen LogP contribution in [0.1, 0.15) is 41.5 Å². The highest BCUT2D eigenvalue weighted by Gasteiger charge is 2.44. The van der Waals surface area contributed by atoms with Crippen molar-refractivity contribution in [1.82, 2.24) is 5.43 Å². The maximum atomic E-state index is 10.2. The van der Waals surface area contributed by atoms with Crippen LogP contribution < -0.4 is 5.43 Å². The molecule has 0 bridgehead atoms. The van der Waals surface area contributed by atoms with Crippen LogP contribution in [0.4, 0.5) is 0 Å². The lowest BCUT2D eigenvalue weighted by Gasteiger charge is -2.42. The molecule has 0 aromatic carbocycles. The summed E-state index contributed by atoms with van der Waals surface area (Å²) in [7, 11) is -1.82. The third-order valence-electron chi connectivity index (χ3n) is 3.54. The summed E-state index contributed by atoms with van der Waals surface area (Å²) in [4.78, 5) is 10.2. The molecule has 5 nitrogen and oxygen atoms in total. The fourth-order valence-corrected chi connectivity index (χ4v) is 8.39. The van der Waals surface area contributed by atoms with Gasteiger partial charge in [0.05, 0.1) is 13.2 Å². The molecule has 0 aliphatic carbocycles.